The fourth-order valence-electron chi connectivity index (χ4n) is 2.91. The summed E-state index contributed by atoms with van der Waals surface area (Å²) in [5.41, 5.74) is 5.65. The van der Waals surface area contributed by atoms with E-state index in [0.717, 1.165) is 13.0 Å². The lowest BCUT2D eigenvalue weighted by molar-refractivity contribution is 0.271. The van der Waals surface area contributed by atoms with Gasteiger partial charge in [0.15, 0.2) is 0 Å². The zero-order valence-corrected chi connectivity index (χ0v) is 11.3. The zero-order chi connectivity index (χ0) is 12.7. The first-order valence-electron chi connectivity index (χ1n) is 6.62. The normalized spacial score (nSPS) is 21.8. The lowest BCUT2D eigenvalue weighted by Gasteiger charge is -2.32. The van der Waals surface area contributed by atoms with Crippen LogP contribution in [-0.4, -0.2) is 29.5 Å². The Labute approximate surface area is 108 Å². The van der Waals surface area contributed by atoms with E-state index in [1.807, 2.05) is 0 Å². The molecule has 94 valence electrons. The van der Waals surface area contributed by atoms with Gasteiger partial charge in [0.2, 0.25) is 0 Å². The number of hydrogen-bond acceptors (Lipinski definition) is 1. The lowest BCUT2D eigenvalue weighted by atomic mass is 9.90. The molecule has 2 nitrogen and oxygen atoms in total. The second kappa shape index (κ2) is 4.29. The summed E-state index contributed by atoms with van der Waals surface area (Å²) in [6.45, 7) is 5.65. The molecule has 1 aliphatic heterocycles. The summed E-state index contributed by atoms with van der Waals surface area (Å²) in [6.07, 6.45) is 3.31. The molecule has 0 bridgehead atoms. The van der Waals surface area contributed by atoms with Crippen LogP contribution >= 0.6 is 0 Å². The standard InChI is InChI=1S/C16H20N2/c1-11-10-18(3)12(2)8-14(11)15-9-17-16-7-5-4-6-13(15)16/h4-7,9,12,17H,8,10H2,1-3H3. The molecule has 0 radical (unpaired) electrons. The maximum absolute atomic E-state index is 3.38. The number of nitrogens with zero attached hydrogens (tertiary/aromatic N) is 1. The number of fused-ring (bicyclic) bond motifs is 1. The molecule has 0 fully saturated rings. The molecule has 0 spiro atoms. The Morgan fingerprint density at radius 3 is 2.89 bits per heavy atom. The molecule has 0 saturated carbocycles. The molecule has 18 heavy (non-hydrogen) atoms. The van der Waals surface area contributed by atoms with Crippen molar-refractivity contribution in [1.82, 2.24) is 9.88 Å². The number of para-hydroxylation sites is 1. The van der Waals surface area contributed by atoms with E-state index in [9.17, 15) is 0 Å². The molecule has 1 unspecified atom stereocenters. The highest BCUT2D eigenvalue weighted by Gasteiger charge is 2.22. The van der Waals surface area contributed by atoms with Crippen molar-refractivity contribution in [2.24, 2.45) is 0 Å². The molecule has 0 aliphatic carbocycles. The van der Waals surface area contributed by atoms with Crippen molar-refractivity contribution in [3.8, 4) is 0 Å². The van der Waals surface area contributed by atoms with Crippen molar-refractivity contribution in [3.05, 3.63) is 41.6 Å². The van der Waals surface area contributed by atoms with Crippen molar-refractivity contribution in [2.45, 2.75) is 26.3 Å². The SMILES string of the molecule is CC1=C(c2c[nH]c3ccccc23)CC(C)N(C)C1. The molecule has 0 saturated heterocycles. The van der Waals surface area contributed by atoms with Crippen LogP contribution in [0.3, 0.4) is 0 Å². The molecule has 3 rings (SSSR count). The van der Waals surface area contributed by atoms with Gasteiger partial charge in [0.05, 0.1) is 0 Å². The molecule has 1 aromatic carbocycles. The molecule has 1 aromatic heterocycles. The van der Waals surface area contributed by atoms with E-state index in [0.29, 0.717) is 6.04 Å². The third-order valence-corrected chi connectivity index (χ3v) is 4.17. The summed E-state index contributed by atoms with van der Waals surface area (Å²) >= 11 is 0. The van der Waals surface area contributed by atoms with Crippen LogP contribution in [-0.2, 0) is 0 Å². The van der Waals surface area contributed by atoms with Crippen LogP contribution in [0, 0.1) is 0 Å². The number of benzene rings is 1. The van der Waals surface area contributed by atoms with Crippen molar-refractivity contribution in [3.63, 3.8) is 0 Å². The molecule has 2 heterocycles. The van der Waals surface area contributed by atoms with E-state index < -0.39 is 0 Å². The summed E-state index contributed by atoms with van der Waals surface area (Å²) < 4.78 is 0. The number of hydrogen-bond donors (Lipinski definition) is 1. The highest BCUT2D eigenvalue weighted by Crippen LogP contribution is 2.34. The Bertz CT molecular complexity index is 606. The first-order valence-corrected chi connectivity index (χ1v) is 6.62. The highest BCUT2D eigenvalue weighted by atomic mass is 15.1. The molecule has 0 amide bonds. The Hall–Kier alpha value is -1.54. The van der Waals surface area contributed by atoms with E-state index >= 15 is 0 Å². The Morgan fingerprint density at radius 1 is 1.28 bits per heavy atom. The quantitative estimate of drug-likeness (QED) is 0.806. The molecule has 1 N–H and O–H groups in total. The van der Waals surface area contributed by atoms with Crippen molar-refractivity contribution >= 4 is 16.5 Å². The van der Waals surface area contributed by atoms with E-state index in [4.69, 9.17) is 0 Å². The van der Waals surface area contributed by atoms with Gasteiger partial charge in [-0.3, -0.25) is 4.90 Å². The summed E-state index contributed by atoms with van der Waals surface area (Å²) in [5.74, 6) is 0. The number of likely N-dealkylation sites (N-methyl/N-ethyl adjacent to an activating group) is 1. The minimum Gasteiger partial charge on any atom is -0.361 e. The van der Waals surface area contributed by atoms with Crippen LogP contribution in [0.4, 0.5) is 0 Å². The summed E-state index contributed by atoms with van der Waals surface area (Å²) in [5, 5.41) is 1.35. The predicted molar refractivity (Wildman–Crippen MR) is 77.6 cm³/mol. The van der Waals surface area contributed by atoms with E-state index in [2.05, 4.69) is 61.2 Å². The van der Waals surface area contributed by atoms with E-state index in [1.54, 1.807) is 0 Å². The minimum atomic E-state index is 0.623. The maximum atomic E-state index is 3.38. The number of aromatic amines is 1. The number of rotatable bonds is 1. The third kappa shape index (κ3) is 1.77. The largest absolute Gasteiger partial charge is 0.361 e. The Morgan fingerprint density at radius 2 is 2.06 bits per heavy atom. The van der Waals surface area contributed by atoms with Gasteiger partial charge in [0.1, 0.15) is 0 Å². The van der Waals surface area contributed by atoms with Gasteiger partial charge in [-0.25, -0.2) is 0 Å². The van der Waals surface area contributed by atoms with Crippen molar-refractivity contribution in [1.29, 1.82) is 0 Å². The monoisotopic (exact) mass is 240 g/mol. The average Bonchev–Trinajstić information content (AvgIpc) is 2.78. The fraction of sp³-hybridized carbons (Fsp3) is 0.375. The van der Waals surface area contributed by atoms with Gasteiger partial charge < -0.3 is 4.98 Å². The molecule has 2 aromatic rings. The summed E-state index contributed by atoms with van der Waals surface area (Å²) in [6, 6.07) is 9.18. The zero-order valence-electron chi connectivity index (χ0n) is 11.3. The Balaban J connectivity index is 2.12. The molecular formula is C16H20N2. The van der Waals surface area contributed by atoms with Crippen molar-refractivity contribution < 1.29 is 0 Å². The molecule has 1 atom stereocenters. The second-order valence-corrected chi connectivity index (χ2v) is 5.48. The van der Waals surface area contributed by atoms with Gasteiger partial charge in [-0.1, -0.05) is 23.8 Å². The fourth-order valence-corrected chi connectivity index (χ4v) is 2.91. The number of H-pyrrole nitrogens is 1. The van der Waals surface area contributed by atoms with Crippen LogP contribution in [0.2, 0.25) is 0 Å². The smallest absolute Gasteiger partial charge is 0.0460 e. The molecule has 2 heteroatoms. The third-order valence-electron chi connectivity index (χ3n) is 4.17. The molecule has 1 aliphatic rings. The van der Waals surface area contributed by atoms with Gasteiger partial charge in [-0.05, 0) is 39.0 Å². The lowest BCUT2D eigenvalue weighted by Crippen LogP contribution is -2.34. The van der Waals surface area contributed by atoms with Gasteiger partial charge in [0, 0.05) is 35.2 Å². The van der Waals surface area contributed by atoms with Crippen molar-refractivity contribution in [2.75, 3.05) is 13.6 Å². The van der Waals surface area contributed by atoms with Crippen LogP contribution < -0.4 is 0 Å². The van der Waals surface area contributed by atoms with E-state index in [-0.39, 0.29) is 0 Å². The number of aromatic nitrogens is 1. The maximum Gasteiger partial charge on any atom is 0.0460 e. The first-order chi connectivity index (χ1) is 8.66. The van der Waals surface area contributed by atoms with Crippen LogP contribution in [0.5, 0.6) is 0 Å². The predicted octanol–water partition coefficient (Wildman–Crippen LogP) is 3.67. The van der Waals surface area contributed by atoms with Gasteiger partial charge in [0.25, 0.3) is 0 Å². The average molecular weight is 240 g/mol. The van der Waals surface area contributed by atoms with Crippen LogP contribution in [0.25, 0.3) is 16.5 Å². The first kappa shape index (κ1) is 11.5. The topological polar surface area (TPSA) is 19.0 Å². The van der Waals surface area contributed by atoms with Gasteiger partial charge in [-0.15, -0.1) is 0 Å². The number of nitrogens with one attached hydrogen (secondary N) is 1. The van der Waals surface area contributed by atoms with Crippen LogP contribution in [0.1, 0.15) is 25.8 Å². The van der Waals surface area contributed by atoms with Gasteiger partial charge >= 0.3 is 0 Å². The van der Waals surface area contributed by atoms with E-state index in [1.165, 1.54) is 27.6 Å². The second-order valence-electron chi connectivity index (χ2n) is 5.48. The minimum absolute atomic E-state index is 0.623. The summed E-state index contributed by atoms with van der Waals surface area (Å²) in [7, 11) is 2.21. The van der Waals surface area contributed by atoms with Crippen LogP contribution in [0.15, 0.2) is 36.0 Å². The highest BCUT2D eigenvalue weighted by molar-refractivity contribution is 5.93. The Kier molecular flexibility index (Phi) is 2.75. The van der Waals surface area contributed by atoms with Gasteiger partial charge in [-0.2, -0.15) is 0 Å². The molecular weight excluding hydrogens is 220 g/mol. The summed E-state index contributed by atoms with van der Waals surface area (Å²) in [4.78, 5) is 5.81.